The van der Waals surface area contributed by atoms with Crippen molar-refractivity contribution in [3.05, 3.63) is 62.2 Å². The molecule has 0 radical (unpaired) electrons. The SMILES string of the molecule is CN1CC(C(=O)NC(CO)Cc2cc(Br)c(O)c(Br)c2)C[C@@H]2c3cccc4c3c(cn4C(F)(F)F)CC21. The van der Waals surface area contributed by atoms with Crippen LogP contribution in [-0.2, 0) is 23.9 Å². The highest BCUT2D eigenvalue weighted by molar-refractivity contribution is 9.11. The van der Waals surface area contributed by atoms with Gasteiger partial charge in [-0.25, -0.2) is 0 Å². The Bertz CT molecular complexity index is 1340. The van der Waals surface area contributed by atoms with E-state index < -0.39 is 12.3 Å². The number of nitrogens with one attached hydrogen (secondary N) is 1. The summed E-state index contributed by atoms with van der Waals surface area (Å²) in [6, 6.07) is 7.99. The Balaban J connectivity index is 1.37. The Hall–Kier alpha value is -2.08. The lowest BCUT2D eigenvalue weighted by Gasteiger charge is -2.45. The quantitative estimate of drug-likeness (QED) is 0.364. The molecule has 1 aromatic heterocycles. The smallest absolute Gasteiger partial charge is 0.488 e. The number of phenols is 1. The molecule has 3 unspecified atom stereocenters. The number of hydrogen-bond donors (Lipinski definition) is 3. The van der Waals surface area contributed by atoms with Gasteiger partial charge in [0.1, 0.15) is 5.75 Å². The molecule has 1 amide bonds. The summed E-state index contributed by atoms with van der Waals surface area (Å²) >= 11 is 6.60. The highest BCUT2D eigenvalue weighted by Crippen LogP contribution is 2.46. The second-order valence-corrected chi connectivity index (χ2v) is 11.7. The molecule has 11 heteroatoms. The first-order valence-corrected chi connectivity index (χ1v) is 13.5. The number of rotatable bonds is 5. The van der Waals surface area contributed by atoms with E-state index in [0.717, 1.165) is 11.1 Å². The van der Waals surface area contributed by atoms with E-state index in [1.165, 1.54) is 12.3 Å². The number of phenolic OH excluding ortho intramolecular Hbond substituents is 1. The number of carbonyl (C=O) groups is 1. The molecule has 1 aliphatic carbocycles. The van der Waals surface area contributed by atoms with Crippen LogP contribution >= 0.6 is 31.9 Å². The number of piperidine rings is 1. The Labute approximate surface area is 228 Å². The van der Waals surface area contributed by atoms with Gasteiger partial charge in [0.15, 0.2) is 0 Å². The number of likely N-dealkylation sites (tertiary alicyclic amines) is 1. The molecule has 6 nitrogen and oxygen atoms in total. The molecule has 37 heavy (non-hydrogen) atoms. The number of aliphatic hydroxyl groups is 1. The third kappa shape index (κ3) is 4.91. The van der Waals surface area contributed by atoms with Crippen LogP contribution in [0, 0.1) is 5.92 Å². The number of hydrogen-bond acceptors (Lipinski definition) is 4. The lowest BCUT2D eigenvalue weighted by atomic mass is 9.72. The Morgan fingerprint density at radius 1 is 1.24 bits per heavy atom. The van der Waals surface area contributed by atoms with Gasteiger partial charge in [-0.05, 0) is 93.1 Å². The lowest BCUT2D eigenvalue weighted by Crippen LogP contribution is -2.53. The number of alkyl halides is 3. The van der Waals surface area contributed by atoms with Crippen LogP contribution < -0.4 is 5.32 Å². The van der Waals surface area contributed by atoms with E-state index in [0.29, 0.717) is 50.3 Å². The molecular weight excluding hydrogens is 619 g/mol. The first-order chi connectivity index (χ1) is 17.5. The van der Waals surface area contributed by atoms with Crippen LogP contribution in [0.5, 0.6) is 5.75 Å². The van der Waals surface area contributed by atoms with Crippen molar-refractivity contribution in [2.75, 3.05) is 20.2 Å². The molecule has 2 aliphatic rings. The minimum Gasteiger partial charge on any atom is -0.506 e. The van der Waals surface area contributed by atoms with Gasteiger partial charge in [-0.2, -0.15) is 0 Å². The van der Waals surface area contributed by atoms with E-state index in [4.69, 9.17) is 0 Å². The Morgan fingerprint density at radius 2 is 1.95 bits per heavy atom. The largest absolute Gasteiger partial charge is 0.506 e. The molecule has 1 fully saturated rings. The standard InChI is InChI=1S/C26H26Br2F3N3O3/c1-33-10-15(25(37)32-16(12-35)5-13-6-19(27)24(36)20(28)7-13)8-18-17-3-2-4-21-23(17)14(9-22(18)33)11-34(21)26(29,30)31/h2-4,6-7,11,15-16,18,22,35-36H,5,8-10,12H2,1H3,(H,32,37)/t15?,16?,18-,22?/m1/s1. The molecule has 4 atom stereocenters. The number of amides is 1. The first-order valence-electron chi connectivity index (χ1n) is 12.0. The van der Waals surface area contributed by atoms with E-state index >= 15 is 0 Å². The minimum atomic E-state index is -4.50. The molecular formula is C26H26Br2F3N3O3. The van der Waals surface area contributed by atoms with Crippen molar-refractivity contribution in [1.82, 2.24) is 14.8 Å². The van der Waals surface area contributed by atoms with Gasteiger partial charge < -0.3 is 20.4 Å². The van der Waals surface area contributed by atoms with Crippen LogP contribution in [0.25, 0.3) is 10.9 Å². The lowest BCUT2D eigenvalue weighted by molar-refractivity contribution is -0.200. The first kappa shape index (κ1) is 26.5. The molecule has 2 heterocycles. The zero-order chi connectivity index (χ0) is 26.6. The molecule has 1 aliphatic heterocycles. The molecule has 2 aromatic carbocycles. The average Bonchev–Trinajstić information content (AvgIpc) is 3.23. The number of aromatic nitrogens is 1. The summed E-state index contributed by atoms with van der Waals surface area (Å²) in [5, 5.41) is 23.5. The highest BCUT2D eigenvalue weighted by atomic mass is 79.9. The van der Waals surface area contributed by atoms with Crippen molar-refractivity contribution in [3.8, 4) is 5.75 Å². The van der Waals surface area contributed by atoms with Crippen molar-refractivity contribution >= 4 is 48.7 Å². The van der Waals surface area contributed by atoms with Crippen molar-refractivity contribution < 1.29 is 28.2 Å². The van der Waals surface area contributed by atoms with E-state index in [2.05, 4.69) is 42.1 Å². The molecule has 3 N–H and O–H groups in total. The summed E-state index contributed by atoms with van der Waals surface area (Å²) in [7, 11) is 1.91. The second-order valence-electron chi connectivity index (χ2n) is 9.98. The highest BCUT2D eigenvalue weighted by Gasteiger charge is 2.43. The van der Waals surface area contributed by atoms with E-state index in [-0.39, 0.29) is 41.7 Å². The summed E-state index contributed by atoms with van der Waals surface area (Å²) in [5.41, 5.74) is 2.51. The summed E-state index contributed by atoms with van der Waals surface area (Å²) in [6.45, 7) is 0.219. The maximum Gasteiger partial charge on any atom is 0.488 e. The average molecular weight is 645 g/mol. The topological polar surface area (TPSA) is 77.7 Å². The van der Waals surface area contributed by atoms with Gasteiger partial charge >= 0.3 is 6.30 Å². The van der Waals surface area contributed by atoms with Gasteiger partial charge in [0.25, 0.3) is 0 Å². The molecule has 0 saturated carbocycles. The minimum absolute atomic E-state index is 0.00608. The molecule has 1 saturated heterocycles. The van der Waals surface area contributed by atoms with Crippen LogP contribution in [0.4, 0.5) is 13.2 Å². The summed E-state index contributed by atoms with van der Waals surface area (Å²) < 4.78 is 42.4. The third-order valence-electron chi connectivity index (χ3n) is 7.62. The molecule has 0 spiro atoms. The predicted molar refractivity (Wildman–Crippen MR) is 140 cm³/mol. The monoisotopic (exact) mass is 643 g/mol. The van der Waals surface area contributed by atoms with Gasteiger partial charge in [0, 0.05) is 30.1 Å². The normalized spacial score (nSPS) is 22.6. The summed E-state index contributed by atoms with van der Waals surface area (Å²) in [4.78, 5) is 15.4. The van der Waals surface area contributed by atoms with Crippen molar-refractivity contribution in [2.24, 2.45) is 5.92 Å². The number of likely N-dealkylation sites (N-methyl/N-ethyl adjacent to an activating group) is 1. The number of carbonyl (C=O) groups excluding carboxylic acids is 1. The van der Waals surface area contributed by atoms with Gasteiger partial charge in [-0.3, -0.25) is 9.36 Å². The van der Waals surface area contributed by atoms with Crippen molar-refractivity contribution in [2.45, 2.75) is 43.6 Å². The fourth-order valence-electron chi connectivity index (χ4n) is 5.95. The number of aromatic hydroxyl groups is 1. The Kier molecular flexibility index (Phi) is 7.10. The zero-order valence-electron chi connectivity index (χ0n) is 19.9. The van der Waals surface area contributed by atoms with Crippen LogP contribution in [-0.4, -0.2) is 57.9 Å². The van der Waals surface area contributed by atoms with E-state index in [1.807, 2.05) is 13.1 Å². The molecule has 0 bridgehead atoms. The number of nitrogens with zero attached hydrogens (tertiary/aromatic N) is 2. The van der Waals surface area contributed by atoms with E-state index in [9.17, 15) is 28.2 Å². The van der Waals surface area contributed by atoms with Crippen LogP contribution in [0.2, 0.25) is 0 Å². The maximum atomic E-state index is 13.7. The molecule has 3 aromatic rings. The van der Waals surface area contributed by atoms with Gasteiger partial charge in [0.2, 0.25) is 5.91 Å². The van der Waals surface area contributed by atoms with Crippen molar-refractivity contribution in [1.29, 1.82) is 0 Å². The number of fused-ring (bicyclic) bond motifs is 2. The zero-order valence-corrected chi connectivity index (χ0v) is 23.1. The van der Waals surface area contributed by atoms with Gasteiger partial charge in [-0.1, -0.05) is 12.1 Å². The second kappa shape index (κ2) is 9.91. The summed E-state index contributed by atoms with van der Waals surface area (Å²) in [5.74, 6) is -0.567. The van der Waals surface area contributed by atoms with Crippen molar-refractivity contribution in [3.63, 3.8) is 0 Å². The van der Waals surface area contributed by atoms with Gasteiger partial charge in [-0.15, -0.1) is 13.2 Å². The summed E-state index contributed by atoms with van der Waals surface area (Å²) in [6.07, 6.45) is -1.91. The predicted octanol–water partition coefficient (Wildman–Crippen LogP) is 5.03. The number of halogens is 5. The van der Waals surface area contributed by atoms with Crippen LogP contribution in [0.3, 0.4) is 0 Å². The van der Waals surface area contributed by atoms with Crippen LogP contribution in [0.1, 0.15) is 29.0 Å². The Morgan fingerprint density at radius 3 is 2.59 bits per heavy atom. The molecule has 5 rings (SSSR count). The maximum absolute atomic E-state index is 13.7. The van der Waals surface area contributed by atoms with E-state index in [1.54, 1.807) is 18.2 Å². The van der Waals surface area contributed by atoms with Crippen LogP contribution in [0.15, 0.2) is 45.5 Å². The van der Waals surface area contributed by atoms with Gasteiger partial charge in [0.05, 0.1) is 33.0 Å². The fraction of sp³-hybridized carbons (Fsp3) is 0.423. The third-order valence-corrected chi connectivity index (χ3v) is 8.82. The molecule has 198 valence electrons. The fourth-order valence-corrected chi connectivity index (χ4v) is 7.23. The number of aliphatic hydroxyl groups excluding tert-OH is 1. The number of benzene rings is 2.